The smallest absolute Gasteiger partial charge is 0.193 e. The number of Topliss-reactive ketones (excluding diaryl/α,β-unsaturated/α-hetero) is 1. The van der Waals surface area contributed by atoms with Gasteiger partial charge in [-0.1, -0.05) is 90.0 Å². The summed E-state index contributed by atoms with van der Waals surface area (Å²) in [5.74, 6) is -0.332. The summed E-state index contributed by atoms with van der Waals surface area (Å²) in [5, 5.41) is 0. The molecule has 0 atom stereocenters. The topological polar surface area (TPSA) is 34.1 Å². The van der Waals surface area contributed by atoms with Gasteiger partial charge in [0.2, 0.25) is 0 Å². The number of hydrogen-bond donors (Lipinski definition) is 0. The van der Waals surface area contributed by atoms with Crippen LogP contribution in [0, 0.1) is 13.8 Å². The Balaban J connectivity index is 2.03. The molecule has 2 heteroatoms. The Labute approximate surface area is 153 Å². The van der Waals surface area contributed by atoms with Gasteiger partial charge in [-0.05, 0) is 25.5 Å². The van der Waals surface area contributed by atoms with Crippen molar-refractivity contribution in [1.29, 1.82) is 0 Å². The summed E-state index contributed by atoms with van der Waals surface area (Å²) < 4.78 is 0. The van der Waals surface area contributed by atoms with E-state index in [4.69, 9.17) is 0 Å². The van der Waals surface area contributed by atoms with E-state index in [0.717, 1.165) is 16.7 Å². The number of carbonyl (C=O) groups excluding carboxylic acids is 2. The molecule has 3 rings (SSSR count). The molecule has 3 aromatic rings. The highest BCUT2D eigenvalue weighted by Gasteiger charge is 2.16. The van der Waals surface area contributed by atoms with Crippen LogP contribution in [-0.2, 0) is 0 Å². The summed E-state index contributed by atoms with van der Waals surface area (Å²) >= 11 is 0. The third-order valence-corrected chi connectivity index (χ3v) is 4.25. The van der Waals surface area contributed by atoms with Gasteiger partial charge in [0.25, 0.3) is 0 Å². The normalized spacial score (nSPS) is 11.2. The number of benzene rings is 3. The summed E-state index contributed by atoms with van der Waals surface area (Å²) in [7, 11) is 0. The molecule has 0 saturated carbocycles. The lowest BCUT2D eigenvalue weighted by Crippen LogP contribution is -2.06. The van der Waals surface area contributed by atoms with E-state index in [0.29, 0.717) is 16.7 Å². The third-order valence-electron chi connectivity index (χ3n) is 4.25. The molecule has 0 fully saturated rings. The first-order valence-electron chi connectivity index (χ1n) is 8.54. The van der Waals surface area contributed by atoms with Crippen molar-refractivity contribution in [1.82, 2.24) is 0 Å². The Morgan fingerprint density at radius 2 is 1.12 bits per heavy atom. The van der Waals surface area contributed by atoms with E-state index < -0.39 is 0 Å². The van der Waals surface area contributed by atoms with Gasteiger partial charge in [-0.3, -0.25) is 9.59 Å². The van der Waals surface area contributed by atoms with Gasteiger partial charge in [-0.15, -0.1) is 0 Å². The molecular weight excluding hydrogens is 320 g/mol. The van der Waals surface area contributed by atoms with Crippen LogP contribution >= 0.6 is 0 Å². The molecule has 0 heterocycles. The Morgan fingerprint density at radius 3 is 1.65 bits per heavy atom. The van der Waals surface area contributed by atoms with Gasteiger partial charge in [0.1, 0.15) is 0 Å². The van der Waals surface area contributed by atoms with Crippen LogP contribution in [-0.4, -0.2) is 11.6 Å². The monoisotopic (exact) mass is 340 g/mol. The van der Waals surface area contributed by atoms with E-state index in [1.807, 2.05) is 68.4 Å². The van der Waals surface area contributed by atoms with Gasteiger partial charge >= 0.3 is 0 Å². The average Bonchev–Trinajstić information content (AvgIpc) is 2.67. The van der Waals surface area contributed by atoms with Crippen molar-refractivity contribution >= 4 is 17.1 Å². The van der Waals surface area contributed by atoms with Crippen LogP contribution in [0.5, 0.6) is 0 Å². The van der Waals surface area contributed by atoms with Gasteiger partial charge < -0.3 is 0 Å². The standard InChI is InChI=1S/C24H20O2/c1-17-8-12-20(13-9-17)23(25)16-22(19-6-4-3-5-7-19)24(26)21-14-10-18(2)11-15-21/h3-16H,1-2H3/b22-16+. The van der Waals surface area contributed by atoms with Crippen molar-refractivity contribution in [3.8, 4) is 0 Å². The fourth-order valence-electron chi connectivity index (χ4n) is 2.69. The zero-order chi connectivity index (χ0) is 18.5. The van der Waals surface area contributed by atoms with Crippen LogP contribution in [0.25, 0.3) is 5.57 Å². The highest BCUT2D eigenvalue weighted by Crippen LogP contribution is 2.21. The maximum atomic E-state index is 13.1. The SMILES string of the molecule is Cc1ccc(C(=O)/C=C(/C(=O)c2ccc(C)cc2)c2ccccc2)cc1. The predicted octanol–water partition coefficient (Wildman–Crippen LogP) is 5.45. The van der Waals surface area contributed by atoms with Crippen LogP contribution in [0.15, 0.2) is 84.9 Å². The lowest BCUT2D eigenvalue weighted by Gasteiger charge is -2.08. The Kier molecular flexibility index (Phi) is 5.23. The molecule has 0 saturated heterocycles. The van der Waals surface area contributed by atoms with Gasteiger partial charge in [-0.2, -0.15) is 0 Å². The van der Waals surface area contributed by atoms with E-state index in [2.05, 4.69) is 0 Å². The largest absolute Gasteiger partial charge is 0.289 e. The second-order valence-corrected chi connectivity index (χ2v) is 6.35. The van der Waals surface area contributed by atoms with E-state index in [-0.39, 0.29) is 11.6 Å². The molecule has 0 aliphatic heterocycles. The molecule has 3 aromatic carbocycles. The summed E-state index contributed by atoms with van der Waals surface area (Å²) in [6.45, 7) is 3.95. The van der Waals surface area contributed by atoms with Crippen molar-refractivity contribution in [2.24, 2.45) is 0 Å². The molecule has 128 valence electrons. The van der Waals surface area contributed by atoms with Crippen LogP contribution in [0.4, 0.5) is 0 Å². The molecule has 0 aliphatic carbocycles. The van der Waals surface area contributed by atoms with Crippen molar-refractivity contribution in [2.45, 2.75) is 13.8 Å². The predicted molar refractivity (Wildman–Crippen MR) is 105 cm³/mol. The number of rotatable bonds is 5. The van der Waals surface area contributed by atoms with Crippen LogP contribution in [0.3, 0.4) is 0 Å². The summed E-state index contributed by atoms with van der Waals surface area (Å²) in [6.07, 6.45) is 1.45. The minimum atomic E-state index is -0.177. The summed E-state index contributed by atoms with van der Waals surface area (Å²) in [4.78, 5) is 25.8. The highest BCUT2D eigenvalue weighted by molar-refractivity contribution is 6.32. The molecule has 2 nitrogen and oxygen atoms in total. The molecule has 26 heavy (non-hydrogen) atoms. The summed E-state index contributed by atoms with van der Waals surface area (Å²) in [6, 6.07) is 24.1. The first-order valence-corrected chi connectivity index (χ1v) is 8.54. The molecule has 0 spiro atoms. The first-order chi connectivity index (χ1) is 12.5. The molecule has 0 aliphatic rings. The number of carbonyl (C=O) groups is 2. The highest BCUT2D eigenvalue weighted by atomic mass is 16.1. The van der Waals surface area contributed by atoms with E-state index >= 15 is 0 Å². The van der Waals surface area contributed by atoms with Crippen LogP contribution in [0.2, 0.25) is 0 Å². The lowest BCUT2D eigenvalue weighted by molar-refractivity contribution is 0.102. The number of aryl methyl sites for hydroxylation is 2. The van der Waals surface area contributed by atoms with Crippen LogP contribution < -0.4 is 0 Å². The third kappa shape index (κ3) is 4.04. The maximum absolute atomic E-state index is 13.1. The molecule has 0 N–H and O–H groups in total. The quantitative estimate of drug-likeness (QED) is 0.457. The molecule has 0 radical (unpaired) electrons. The fourth-order valence-corrected chi connectivity index (χ4v) is 2.69. The molecule has 0 bridgehead atoms. The molecule has 0 amide bonds. The van der Waals surface area contributed by atoms with Gasteiger partial charge in [0.05, 0.1) is 0 Å². The van der Waals surface area contributed by atoms with Crippen molar-refractivity contribution < 1.29 is 9.59 Å². The Hall–Kier alpha value is -3.26. The molecule has 0 aromatic heterocycles. The minimum Gasteiger partial charge on any atom is -0.289 e. The van der Waals surface area contributed by atoms with Crippen molar-refractivity contribution in [3.05, 3.63) is 113 Å². The van der Waals surface area contributed by atoms with Gasteiger partial charge in [0.15, 0.2) is 11.6 Å². The average molecular weight is 340 g/mol. The number of hydrogen-bond acceptors (Lipinski definition) is 2. The van der Waals surface area contributed by atoms with Gasteiger partial charge in [0, 0.05) is 16.7 Å². The minimum absolute atomic E-state index is 0.156. The Morgan fingerprint density at radius 1 is 0.615 bits per heavy atom. The number of allylic oxidation sites excluding steroid dienone is 2. The second-order valence-electron chi connectivity index (χ2n) is 6.35. The van der Waals surface area contributed by atoms with Gasteiger partial charge in [-0.25, -0.2) is 0 Å². The first kappa shape index (κ1) is 17.6. The van der Waals surface area contributed by atoms with Crippen molar-refractivity contribution in [3.63, 3.8) is 0 Å². The van der Waals surface area contributed by atoms with E-state index in [9.17, 15) is 9.59 Å². The zero-order valence-electron chi connectivity index (χ0n) is 14.9. The maximum Gasteiger partial charge on any atom is 0.193 e. The molecule has 0 unspecified atom stereocenters. The van der Waals surface area contributed by atoms with E-state index in [1.54, 1.807) is 24.3 Å². The second kappa shape index (κ2) is 7.75. The zero-order valence-corrected chi connectivity index (χ0v) is 14.9. The number of ketones is 2. The summed E-state index contributed by atoms with van der Waals surface area (Å²) in [5.41, 5.74) is 4.45. The van der Waals surface area contributed by atoms with E-state index in [1.165, 1.54) is 6.08 Å². The Bertz CT molecular complexity index is 947. The van der Waals surface area contributed by atoms with Crippen LogP contribution in [0.1, 0.15) is 37.4 Å². The fraction of sp³-hybridized carbons (Fsp3) is 0.0833. The molecular formula is C24H20O2. The van der Waals surface area contributed by atoms with Crippen molar-refractivity contribution in [2.75, 3.05) is 0 Å². The lowest BCUT2D eigenvalue weighted by atomic mass is 9.94.